The first kappa shape index (κ1) is 14.5. The van der Waals surface area contributed by atoms with Crippen molar-refractivity contribution in [3.63, 3.8) is 0 Å². The van der Waals surface area contributed by atoms with Gasteiger partial charge in [-0.05, 0) is 37.5 Å². The van der Waals surface area contributed by atoms with Crippen LogP contribution in [0.3, 0.4) is 0 Å². The zero-order chi connectivity index (χ0) is 15.5. The number of nitrogens with two attached hydrogens (primary N) is 1. The quantitative estimate of drug-likeness (QED) is 0.940. The molecule has 1 aromatic carbocycles. The van der Waals surface area contributed by atoms with E-state index in [0.29, 0.717) is 29.6 Å². The molecule has 1 saturated heterocycles. The number of hydrogen-bond acceptors (Lipinski definition) is 4. The average molecular weight is 297 g/mol. The van der Waals surface area contributed by atoms with Crippen LogP contribution in [-0.4, -0.2) is 17.3 Å². The highest BCUT2D eigenvalue weighted by Gasteiger charge is 2.22. The smallest absolute Gasteiger partial charge is 0.224 e. The monoisotopic (exact) mass is 297 g/mol. The van der Waals surface area contributed by atoms with Crippen molar-refractivity contribution < 1.29 is 9.47 Å². The van der Waals surface area contributed by atoms with Gasteiger partial charge in [-0.25, -0.2) is 0 Å². The second kappa shape index (κ2) is 6.12. The van der Waals surface area contributed by atoms with E-state index in [0.717, 1.165) is 25.0 Å². The Balaban J connectivity index is 1.92. The fourth-order valence-corrected chi connectivity index (χ4v) is 2.72. The predicted molar refractivity (Wildman–Crippen MR) is 83.8 cm³/mol. The molecule has 0 unspecified atom stereocenters. The van der Waals surface area contributed by atoms with Crippen LogP contribution in [0, 0.1) is 18.3 Å². The molecule has 1 aliphatic rings. The Bertz CT molecular complexity index is 709. The summed E-state index contributed by atoms with van der Waals surface area (Å²) in [5.41, 5.74) is 8.11. The van der Waals surface area contributed by atoms with E-state index in [1.807, 2.05) is 35.8 Å². The molecular formula is C17H19N3O2. The number of aromatic nitrogens is 1. The first-order valence-electron chi connectivity index (χ1n) is 7.42. The first-order valence-corrected chi connectivity index (χ1v) is 7.42. The fraction of sp³-hybridized carbons (Fsp3) is 0.353. The van der Waals surface area contributed by atoms with E-state index in [2.05, 4.69) is 6.07 Å². The van der Waals surface area contributed by atoms with Crippen LogP contribution < -0.4 is 10.5 Å². The summed E-state index contributed by atoms with van der Waals surface area (Å²) in [6.45, 7) is 3.36. The number of nitrogen functional groups attached to an aromatic ring is 1. The molecule has 0 saturated carbocycles. The molecule has 5 nitrogen and oxygen atoms in total. The van der Waals surface area contributed by atoms with Crippen molar-refractivity contribution in [2.75, 3.05) is 12.3 Å². The molecule has 1 fully saturated rings. The number of ether oxygens (including phenoxy) is 2. The number of nitriles is 1. The summed E-state index contributed by atoms with van der Waals surface area (Å²) in [5, 5.41) is 9.32. The van der Waals surface area contributed by atoms with Crippen LogP contribution in [0.5, 0.6) is 11.6 Å². The maximum atomic E-state index is 9.32. The number of aryl methyl sites for hydroxylation is 1. The molecule has 1 atom stereocenters. The molecule has 2 heterocycles. The Kier molecular flexibility index (Phi) is 4.03. The summed E-state index contributed by atoms with van der Waals surface area (Å²) >= 11 is 0. The molecule has 5 heteroatoms. The SMILES string of the molecule is Cc1cccc(Oc2c(N)cc(C#N)n2C[C@H]2CCCO2)c1. The van der Waals surface area contributed by atoms with Gasteiger partial charge in [0.15, 0.2) is 0 Å². The lowest BCUT2D eigenvalue weighted by Gasteiger charge is -2.16. The minimum Gasteiger partial charge on any atom is -0.439 e. The third-order valence-electron chi connectivity index (χ3n) is 3.80. The van der Waals surface area contributed by atoms with Crippen molar-refractivity contribution in [2.45, 2.75) is 32.4 Å². The number of hydrogen-bond donors (Lipinski definition) is 1. The van der Waals surface area contributed by atoms with Crippen molar-refractivity contribution in [2.24, 2.45) is 0 Å². The number of nitrogens with zero attached hydrogens (tertiary/aromatic N) is 2. The van der Waals surface area contributed by atoms with Crippen LogP contribution in [0.2, 0.25) is 0 Å². The Morgan fingerprint density at radius 2 is 2.32 bits per heavy atom. The summed E-state index contributed by atoms with van der Waals surface area (Å²) in [6, 6.07) is 11.6. The molecule has 1 aromatic heterocycles. The summed E-state index contributed by atoms with van der Waals surface area (Å²) in [5.74, 6) is 1.22. The van der Waals surface area contributed by atoms with E-state index < -0.39 is 0 Å². The van der Waals surface area contributed by atoms with Gasteiger partial charge in [-0.2, -0.15) is 5.26 Å². The minimum absolute atomic E-state index is 0.110. The van der Waals surface area contributed by atoms with Crippen molar-refractivity contribution in [3.8, 4) is 17.7 Å². The van der Waals surface area contributed by atoms with E-state index in [-0.39, 0.29) is 6.10 Å². The molecule has 1 aliphatic heterocycles. The molecule has 3 rings (SSSR count). The zero-order valence-electron chi connectivity index (χ0n) is 12.6. The highest BCUT2D eigenvalue weighted by molar-refractivity contribution is 5.56. The summed E-state index contributed by atoms with van der Waals surface area (Å²) < 4.78 is 13.4. The van der Waals surface area contributed by atoms with E-state index >= 15 is 0 Å². The lowest BCUT2D eigenvalue weighted by molar-refractivity contribution is 0.0952. The minimum atomic E-state index is 0.110. The molecule has 2 N–H and O–H groups in total. The van der Waals surface area contributed by atoms with Gasteiger partial charge in [0.05, 0.1) is 18.3 Å². The molecule has 22 heavy (non-hydrogen) atoms. The van der Waals surface area contributed by atoms with Gasteiger partial charge in [0.2, 0.25) is 5.88 Å². The Hall–Kier alpha value is -2.45. The molecule has 0 radical (unpaired) electrons. The van der Waals surface area contributed by atoms with Crippen LogP contribution in [-0.2, 0) is 11.3 Å². The van der Waals surface area contributed by atoms with Gasteiger partial charge in [-0.1, -0.05) is 12.1 Å². The Morgan fingerprint density at radius 3 is 3.00 bits per heavy atom. The highest BCUT2D eigenvalue weighted by atomic mass is 16.5. The Labute approximate surface area is 129 Å². The lowest BCUT2D eigenvalue weighted by atomic mass is 10.2. The van der Waals surface area contributed by atoms with E-state index in [9.17, 15) is 5.26 Å². The Morgan fingerprint density at radius 1 is 1.45 bits per heavy atom. The first-order chi connectivity index (χ1) is 10.7. The second-order valence-corrected chi connectivity index (χ2v) is 5.57. The van der Waals surface area contributed by atoms with Crippen LogP contribution in [0.4, 0.5) is 5.69 Å². The van der Waals surface area contributed by atoms with Gasteiger partial charge < -0.3 is 15.2 Å². The third-order valence-corrected chi connectivity index (χ3v) is 3.80. The number of anilines is 1. The molecule has 0 bridgehead atoms. The van der Waals surface area contributed by atoms with Crippen molar-refractivity contribution in [1.29, 1.82) is 5.26 Å². The summed E-state index contributed by atoms with van der Waals surface area (Å²) in [6.07, 6.45) is 2.16. The summed E-state index contributed by atoms with van der Waals surface area (Å²) in [4.78, 5) is 0. The average Bonchev–Trinajstić information content (AvgIpc) is 3.10. The van der Waals surface area contributed by atoms with Crippen LogP contribution in [0.15, 0.2) is 30.3 Å². The predicted octanol–water partition coefficient (Wildman–Crippen LogP) is 3.22. The van der Waals surface area contributed by atoms with Gasteiger partial charge in [0, 0.05) is 12.7 Å². The number of benzene rings is 1. The van der Waals surface area contributed by atoms with Gasteiger partial charge in [0.25, 0.3) is 0 Å². The van der Waals surface area contributed by atoms with Gasteiger partial charge in [-0.3, -0.25) is 4.57 Å². The molecular weight excluding hydrogens is 278 g/mol. The highest BCUT2D eigenvalue weighted by Crippen LogP contribution is 2.32. The van der Waals surface area contributed by atoms with Gasteiger partial charge in [-0.15, -0.1) is 0 Å². The maximum Gasteiger partial charge on any atom is 0.224 e. The normalized spacial score (nSPS) is 17.4. The van der Waals surface area contributed by atoms with Crippen LogP contribution in [0.25, 0.3) is 0 Å². The zero-order valence-corrected chi connectivity index (χ0v) is 12.6. The summed E-state index contributed by atoms with van der Waals surface area (Å²) in [7, 11) is 0. The standard InChI is InChI=1S/C17H19N3O2/c1-12-4-2-5-14(8-12)22-17-16(19)9-13(10-18)20(17)11-15-6-3-7-21-15/h2,4-5,8-9,15H,3,6-7,11,19H2,1H3/t15-/m1/s1. The molecule has 114 valence electrons. The van der Waals surface area contributed by atoms with Crippen molar-refractivity contribution in [1.82, 2.24) is 4.57 Å². The van der Waals surface area contributed by atoms with Gasteiger partial charge >= 0.3 is 0 Å². The largest absolute Gasteiger partial charge is 0.439 e. The van der Waals surface area contributed by atoms with E-state index in [1.165, 1.54) is 0 Å². The number of rotatable bonds is 4. The van der Waals surface area contributed by atoms with Crippen LogP contribution in [0.1, 0.15) is 24.1 Å². The lowest BCUT2D eigenvalue weighted by Crippen LogP contribution is -2.16. The topological polar surface area (TPSA) is 73.2 Å². The third kappa shape index (κ3) is 2.92. The molecule has 0 amide bonds. The van der Waals surface area contributed by atoms with Crippen molar-refractivity contribution >= 4 is 5.69 Å². The maximum absolute atomic E-state index is 9.32. The second-order valence-electron chi connectivity index (χ2n) is 5.57. The fourth-order valence-electron chi connectivity index (χ4n) is 2.72. The molecule has 0 aliphatic carbocycles. The van der Waals surface area contributed by atoms with Crippen LogP contribution >= 0.6 is 0 Å². The van der Waals surface area contributed by atoms with E-state index in [1.54, 1.807) is 6.07 Å². The molecule has 0 spiro atoms. The molecule has 2 aromatic rings. The van der Waals surface area contributed by atoms with Gasteiger partial charge in [0.1, 0.15) is 17.5 Å². The van der Waals surface area contributed by atoms with E-state index in [4.69, 9.17) is 15.2 Å². The van der Waals surface area contributed by atoms with Crippen molar-refractivity contribution in [3.05, 3.63) is 41.6 Å².